The minimum absolute atomic E-state index is 0.325. The van der Waals surface area contributed by atoms with E-state index in [-0.39, 0.29) is 0 Å². The zero-order valence-electron chi connectivity index (χ0n) is 18.0. The number of benzene rings is 1. The average molecular weight is 381 g/mol. The summed E-state index contributed by atoms with van der Waals surface area (Å²) in [4.78, 5) is 11.4. The van der Waals surface area contributed by atoms with Gasteiger partial charge in [-0.15, -0.1) is 0 Å². The first-order chi connectivity index (χ1) is 13.3. The standard InChI is InChI=1S/C26H36O2/c1-18(2)8-5-10-21-12-7-15-26(4)23(21)14-13-19(3)24(26)17-20-9-6-11-22(16-20)25(27)28/h6,8-9,11,13,16,21,23-24H,5,7,10,12,14-15,17H2,1-4H3,(H,27,28)/t21?,23?,24-,26?/m0/s1. The second kappa shape index (κ2) is 8.68. The lowest BCUT2D eigenvalue weighted by Crippen LogP contribution is -2.45. The quantitative estimate of drug-likeness (QED) is 0.536. The lowest BCUT2D eigenvalue weighted by Gasteiger charge is -2.53. The number of carbonyl (C=O) groups is 1. The molecule has 0 heterocycles. The zero-order chi connectivity index (χ0) is 20.3. The van der Waals surface area contributed by atoms with Gasteiger partial charge in [0.05, 0.1) is 5.56 Å². The van der Waals surface area contributed by atoms with Gasteiger partial charge in [0, 0.05) is 0 Å². The third-order valence-corrected chi connectivity index (χ3v) is 7.45. The Morgan fingerprint density at radius 3 is 2.82 bits per heavy atom. The van der Waals surface area contributed by atoms with Crippen LogP contribution in [0.1, 0.15) is 82.1 Å². The molecule has 0 saturated heterocycles. The van der Waals surface area contributed by atoms with Gasteiger partial charge in [0.2, 0.25) is 0 Å². The third kappa shape index (κ3) is 4.42. The van der Waals surface area contributed by atoms with Crippen LogP contribution < -0.4 is 0 Å². The molecule has 152 valence electrons. The van der Waals surface area contributed by atoms with Crippen molar-refractivity contribution in [2.45, 2.75) is 72.6 Å². The summed E-state index contributed by atoms with van der Waals surface area (Å²) < 4.78 is 0. The van der Waals surface area contributed by atoms with Crippen molar-refractivity contribution in [1.82, 2.24) is 0 Å². The molecule has 4 atom stereocenters. The molecule has 2 aliphatic carbocycles. The Hall–Kier alpha value is -1.83. The van der Waals surface area contributed by atoms with E-state index in [0.29, 0.717) is 16.9 Å². The van der Waals surface area contributed by atoms with Crippen molar-refractivity contribution in [3.63, 3.8) is 0 Å². The van der Waals surface area contributed by atoms with Gasteiger partial charge in [-0.2, -0.15) is 0 Å². The van der Waals surface area contributed by atoms with Crippen LogP contribution in [0.4, 0.5) is 0 Å². The molecule has 2 nitrogen and oxygen atoms in total. The maximum Gasteiger partial charge on any atom is 0.335 e. The van der Waals surface area contributed by atoms with E-state index in [1.54, 1.807) is 6.07 Å². The molecule has 1 fully saturated rings. The maximum atomic E-state index is 11.4. The van der Waals surface area contributed by atoms with Crippen LogP contribution in [0.15, 0.2) is 47.6 Å². The molecular weight excluding hydrogens is 344 g/mol. The predicted octanol–water partition coefficient (Wildman–Crippen LogP) is 7.06. The normalized spacial score (nSPS) is 29.6. The lowest BCUT2D eigenvalue weighted by molar-refractivity contribution is 0.00464. The molecular formula is C26H36O2. The number of allylic oxidation sites excluding steroid dienone is 4. The van der Waals surface area contributed by atoms with Crippen LogP contribution in [0.2, 0.25) is 0 Å². The number of hydrogen-bond acceptors (Lipinski definition) is 1. The van der Waals surface area contributed by atoms with Crippen molar-refractivity contribution in [1.29, 1.82) is 0 Å². The van der Waals surface area contributed by atoms with E-state index >= 15 is 0 Å². The first kappa shape index (κ1) is 20.9. The van der Waals surface area contributed by atoms with Gasteiger partial charge in [-0.05, 0) is 93.7 Å². The van der Waals surface area contributed by atoms with Gasteiger partial charge in [0.15, 0.2) is 0 Å². The second-order valence-electron chi connectivity index (χ2n) is 9.57. The molecule has 1 saturated carbocycles. The number of carboxylic acid groups (broad SMARTS) is 1. The van der Waals surface area contributed by atoms with Crippen LogP contribution in [0.5, 0.6) is 0 Å². The van der Waals surface area contributed by atoms with Crippen LogP contribution in [0, 0.1) is 23.2 Å². The minimum Gasteiger partial charge on any atom is -0.478 e. The maximum absolute atomic E-state index is 11.4. The van der Waals surface area contributed by atoms with E-state index in [0.717, 1.165) is 23.8 Å². The minimum atomic E-state index is -0.834. The van der Waals surface area contributed by atoms with Crippen molar-refractivity contribution in [3.05, 3.63) is 58.7 Å². The first-order valence-electron chi connectivity index (χ1n) is 10.9. The molecule has 2 aliphatic rings. The molecule has 3 unspecified atom stereocenters. The van der Waals surface area contributed by atoms with E-state index < -0.39 is 5.97 Å². The van der Waals surface area contributed by atoms with E-state index in [1.807, 2.05) is 12.1 Å². The van der Waals surface area contributed by atoms with Crippen LogP contribution in [-0.2, 0) is 6.42 Å². The summed E-state index contributed by atoms with van der Waals surface area (Å²) in [5.74, 6) is 1.25. The molecule has 1 aromatic carbocycles. The monoisotopic (exact) mass is 380 g/mol. The van der Waals surface area contributed by atoms with Crippen molar-refractivity contribution >= 4 is 5.97 Å². The average Bonchev–Trinajstić information content (AvgIpc) is 2.64. The SMILES string of the molecule is CC(C)=CCCC1CCCC2(C)C1CC=C(C)[C@@H]2Cc1cccc(C(=O)O)c1. The Kier molecular flexibility index (Phi) is 6.47. The Labute approximate surface area is 170 Å². The fourth-order valence-corrected chi connectivity index (χ4v) is 5.93. The van der Waals surface area contributed by atoms with Crippen molar-refractivity contribution < 1.29 is 9.90 Å². The predicted molar refractivity (Wildman–Crippen MR) is 117 cm³/mol. The van der Waals surface area contributed by atoms with Gasteiger partial charge in [0.25, 0.3) is 0 Å². The zero-order valence-corrected chi connectivity index (χ0v) is 18.0. The summed E-state index contributed by atoms with van der Waals surface area (Å²) in [6, 6.07) is 7.56. The van der Waals surface area contributed by atoms with Gasteiger partial charge >= 0.3 is 5.97 Å². The van der Waals surface area contributed by atoms with Crippen LogP contribution in [0.3, 0.4) is 0 Å². The van der Waals surface area contributed by atoms with Crippen molar-refractivity contribution in [3.8, 4) is 0 Å². The fourth-order valence-electron chi connectivity index (χ4n) is 5.93. The largest absolute Gasteiger partial charge is 0.478 e. The highest BCUT2D eigenvalue weighted by Gasteiger charge is 2.48. The molecule has 0 bridgehead atoms. The Morgan fingerprint density at radius 2 is 2.11 bits per heavy atom. The smallest absolute Gasteiger partial charge is 0.335 e. The van der Waals surface area contributed by atoms with Gasteiger partial charge in [-0.1, -0.05) is 55.2 Å². The number of fused-ring (bicyclic) bond motifs is 1. The third-order valence-electron chi connectivity index (χ3n) is 7.45. The van der Waals surface area contributed by atoms with Crippen LogP contribution in [-0.4, -0.2) is 11.1 Å². The highest BCUT2D eigenvalue weighted by molar-refractivity contribution is 5.87. The van der Waals surface area contributed by atoms with E-state index in [1.165, 1.54) is 49.7 Å². The first-order valence-corrected chi connectivity index (χ1v) is 10.9. The van der Waals surface area contributed by atoms with Crippen molar-refractivity contribution in [2.24, 2.45) is 23.2 Å². The Balaban J connectivity index is 1.82. The van der Waals surface area contributed by atoms with Gasteiger partial charge in [-0.3, -0.25) is 0 Å². The van der Waals surface area contributed by atoms with Crippen LogP contribution in [0.25, 0.3) is 0 Å². The van der Waals surface area contributed by atoms with Crippen LogP contribution >= 0.6 is 0 Å². The second-order valence-corrected chi connectivity index (χ2v) is 9.57. The van der Waals surface area contributed by atoms with E-state index in [4.69, 9.17) is 0 Å². The molecule has 2 heteroatoms. The van der Waals surface area contributed by atoms with E-state index in [2.05, 4.69) is 45.9 Å². The molecule has 28 heavy (non-hydrogen) atoms. The summed E-state index contributed by atoms with van der Waals surface area (Å²) in [5.41, 5.74) is 4.82. The molecule has 0 aliphatic heterocycles. The molecule has 3 rings (SSSR count). The molecule has 0 radical (unpaired) electrons. The van der Waals surface area contributed by atoms with Gasteiger partial charge < -0.3 is 5.11 Å². The Bertz CT molecular complexity index is 768. The van der Waals surface area contributed by atoms with E-state index in [9.17, 15) is 9.90 Å². The molecule has 0 aromatic heterocycles. The molecule has 0 spiro atoms. The summed E-state index contributed by atoms with van der Waals surface area (Å²) in [7, 11) is 0. The lowest BCUT2D eigenvalue weighted by atomic mass is 9.51. The summed E-state index contributed by atoms with van der Waals surface area (Å²) in [6.07, 6.45) is 13.5. The summed E-state index contributed by atoms with van der Waals surface area (Å²) >= 11 is 0. The highest BCUT2D eigenvalue weighted by Crippen LogP contribution is 2.57. The number of hydrogen-bond donors (Lipinski definition) is 1. The Morgan fingerprint density at radius 1 is 1.32 bits per heavy atom. The topological polar surface area (TPSA) is 37.3 Å². The highest BCUT2D eigenvalue weighted by atomic mass is 16.4. The van der Waals surface area contributed by atoms with Gasteiger partial charge in [0.1, 0.15) is 0 Å². The molecule has 0 amide bonds. The molecule has 1 aromatic rings. The van der Waals surface area contributed by atoms with Crippen molar-refractivity contribution in [2.75, 3.05) is 0 Å². The fraction of sp³-hybridized carbons (Fsp3) is 0.577. The molecule has 1 N–H and O–H groups in total. The number of rotatable bonds is 6. The summed E-state index contributed by atoms with van der Waals surface area (Å²) in [6.45, 7) is 9.20. The number of aromatic carboxylic acids is 1. The summed E-state index contributed by atoms with van der Waals surface area (Å²) in [5, 5.41) is 9.35. The van der Waals surface area contributed by atoms with Gasteiger partial charge in [-0.25, -0.2) is 4.79 Å². The number of carboxylic acids is 1.